The number of benzene rings is 1. The van der Waals surface area contributed by atoms with Gasteiger partial charge in [-0.15, -0.1) is 16.4 Å². The number of likely N-dealkylation sites (N-methyl/N-ethyl adjacent to an activating group) is 1. The van der Waals surface area contributed by atoms with Crippen molar-refractivity contribution in [2.24, 2.45) is 0 Å². The summed E-state index contributed by atoms with van der Waals surface area (Å²) in [5.41, 5.74) is 2.35. The van der Waals surface area contributed by atoms with E-state index in [1.54, 1.807) is 42.3 Å². The normalized spacial score (nSPS) is 13.8. The van der Waals surface area contributed by atoms with Gasteiger partial charge in [-0.25, -0.2) is 14.6 Å². The van der Waals surface area contributed by atoms with E-state index in [9.17, 15) is 14.4 Å². The number of piperazine rings is 1. The number of hydrogen-bond donors (Lipinski definition) is 1. The lowest BCUT2D eigenvalue weighted by atomic mass is 9.93. The quantitative estimate of drug-likeness (QED) is 0.227. The minimum atomic E-state index is -0.358. The van der Waals surface area contributed by atoms with Gasteiger partial charge in [-0.05, 0) is 66.5 Å². The Bertz CT molecular complexity index is 2120. The molecule has 0 spiro atoms. The number of carbonyl (C=O) groups excluding carboxylic acids is 2. The van der Waals surface area contributed by atoms with Gasteiger partial charge in [0.05, 0.1) is 31.5 Å². The first-order valence-electron chi connectivity index (χ1n) is 16.5. The van der Waals surface area contributed by atoms with Gasteiger partial charge in [0, 0.05) is 48.7 Å². The molecule has 6 rings (SSSR count). The number of pyridine rings is 1. The molecule has 51 heavy (non-hydrogen) atoms. The molecule has 1 aliphatic rings. The number of thiazole rings is 1. The highest BCUT2D eigenvalue weighted by Crippen LogP contribution is 2.27. The van der Waals surface area contributed by atoms with Gasteiger partial charge in [0.1, 0.15) is 17.2 Å². The molecular weight excluding hydrogens is 671 g/mol. The summed E-state index contributed by atoms with van der Waals surface area (Å²) in [5, 5.41) is 17.5. The monoisotopic (exact) mass is 711 g/mol. The Balaban J connectivity index is 1.32. The number of tetrazole rings is 1. The van der Waals surface area contributed by atoms with Gasteiger partial charge in [0.25, 0.3) is 11.5 Å². The zero-order chi connectivity index (χ0) is 36.3. The number of rotatable bonds is 10. The van der Waals surface area contributed by atoms with Crippen LogP contribution in [0.5, 0.6) is 5.75 Å². The Morgan fingerprint density at radius 3 is 2.45 bits per heavy atom. The fraction of sp³-hybridized carbons (Fsp3) is 0.371. The predicted octanol–water partition coefficient (Wildman–Crippen LogP) is 3.12. The maximum absolute atomic E-state index is 14.1. The second-order valence-corrected chi connectivity index (χ2v) is 14.4. The molecule has 1 saturated heterocycles. The van der Waals surface area contributed by atoms with Crippen molar-refractivity contribution < 1.29 is 14.3 Å². The molecule has 5 heterocycles. The number of methoxy groups -OCH3 is 1. The number of nitrogens with one attached hydrogen (secondary N) is 1. The van der Waals surface area contributed by atoms with Crippen molar-refractivity contribution in [1.82, 2.24) is 44.4 Å². The number of hydrogen-bond acceptors (Lipinski definition) is 12. The van der Waals surface area contributed by atoms with Crippen LogP contribution in [0, 0.1) is 0 Å². The Kier molecular flexibility index (Phi) is 10.2. The fourth-order valence-electron chi connectivity index (χ4n) is 5.56. The number of ether oxygens (including phenoxy) is 1. The van der Waals surface area contributed by atoms with Crippen molar-refractivity contribution in [1.29, 1.82) is 0 Å². The third-order valence-electron chi connectivity index (χ3n) is 8.43. The van der Waals surface area contributed by atoms with Crippen LogP contribution < -0.4 is 20.5 Å². The molecule has 0 unspecified atom stereocenters. The van der Waals surface area contributed by atoms with Crippen molar-refractivity contribution in [3.05, 3.63) is 86.5 Å². The van der Waals surface area contributed by atoms with E-state index in [0.717, 1.165) is 17.0 Å². The molecule has 5 aromatic rings. The van der Waals surface area contributed by atoms with Gasteiger partial charge in [0.15, 0.2) is 11.0 Å². The molecule has 0 atom stereocenters. The third kappa shape index (κ3) is 8.13. The van der Waals surface area contributed by atoms with Crippen molar-refractivity contribution in [3.63, 3.8) is 0 Å². The molecule has 0 radical (unpaired) electrons. The number of nitrogens with zero attached hydrogens (tertiary/aromatic N) is 10. The highest BCUT2D eigenvalue weighted by Gasteiger charge is 2.26. The standard InChI is InChI=1S/C35H41N11O4S/c1-35(2,3)27-22-51-34(36-27)38-32(48)24-13-14-45-29(19-24)37-31(44-17-15-43(16-18-44)30(47)21-42(4)5)26(33(45)49)11-12-28-39-40-41-46(28)20-23-7-9-25(50-6)10-8-23/h7-14,19,22H,15-18,20-21H2,1-6H3,(H,36,38,48)/b12-11+. The average Bonchev–Trinajstić information content (AvgIpc) is 3.77. The zero-order valence-corrected chi connectivity index (χ0v) is 30.3. The summed E-state index contributed by atoms with van der Waals surface area (Å²) in [7, 11) is 5.34. The lowest BCUT2D eigenvalue weighted by molar-refractivity contribution is -0.132. The molecule has 1 N–H and O–H groups in total. The van der Waals surface area contributed by atoms with Crippen molar-refractivity contribution >= 4 is 51.9 Å². The van der Waals surface area contributed by atoms with Gasteiger partial charge in [-0.1, -0.05) is 32.9 Å². The van der Waals surface area contributed by atoms with Crippen LogP contribution in [0.2, 0.25) is 0 Å². The third-order valence-corrected chi connectivity index (χ3v) is 9.19. The lowest BCUT2D eigenvalue weighted by Crippen LogP contribution is -2.51. The molecule has 0 aliphatic carbocycles. The Hall–Kier alpha value is -5.48. The summed E-state index contributed by atoms with van der Waals surface area (Å²) in [6.45, 7) is 8.81. The second-order valence-electron chi connectivity index (χ2n) is 13.5. The van der Waals surface area contributed by atoms with Crippen LogP contribution in [-0.4, -0.2) is 110 Å². The molecule has 1 fully saturated rings. The highest BCUT2D eigenvalue weighted by atomic mass is 32.1. The number of anilines is 2. The SMILES string of the molecule is COc1ccc(Cn2nnnc2/C=C/c2c(N3CCN(C(=O)CN(C)C)CC3)nc3cc(C(=O)Nc4nc(C(C)(C)C)cs4)ccn3c2=O)cc1. The number of carbonyl (C=O) groups is 2. The molecular formula is C35H41N11O4S. The van der Waals surface area contributed by atoms with Crippen LogP contribution in [-0.2, 0) is 16.8 Å². The summed E-state index contributed by atoms with van der Waals surface area (Å²) >= 11 is 1.36. The van der Waals surface area contributed by atoms with Crippen molar-refractivity contribution in [2.75, 3.05) is 64.1 Å². The van der Waals surface area contributed by atoms with Crippen LogP contribution in [0.1, 0.15) is 53.8 Å². The summed E-state index contributed by atoms with van der Waals surface area (Å²) in [5.74, 6) is 1.32. The van der Waals surface area contributed by atoms with E-state index in [1.807, 2.05) is 58.4 Å². The molecule has 266 valence electrons. The van der Waals surface area contributed by atoms with E-state index < -0.39 is 0 Å². The first kappa shape index (κ1) is 35.3. The molecule has 1 aliphatic heterocycles. The van der Waals surface area contributed by atoms with E-state index >= 15 is 0 Å². The topological polar surface area (TPSA) is 156 Å². The van der Waals surface area contributed by atoms with E-state index in [2.05, 4.69) is 46.6 Å². The minimum absolute atomic E-state index is 0.0421. The molecule has 0 bridgehead atoms. The Labute approximate surface area is 299 Å². The van der Waals surface area contributed by atoms with Gasteiger partial charge < -0.3 is 19.4 Å². The smallest absolute Gasteiger partial charge is 0.267 e. The molecule has 0 saturated carbocycles. The van der Waals surface area contributed by atoms with E-state index in [-0.39, 0.29) is 22.8 Å². The molecule has 4 aromatic heterocycles. The molecule has 1 aromatic carbocycles. The fourth-order valence-corrected chi connectivity index (χ4v) is 6.49. The maximum atomic E-state index is 14.1. The lowest BCUT2D eigenvalue weighted by Gasteiger charge is -2.36. The van der Waals surface area contributed by atoms with Gasteiger partial charge in [-0.2, -0.15) is 0 Å². The molecule has 2 amide bonds. The van der Waals surface area contributed by atoms with Gasteiger partial charge in [0.2, 0.25) is 5.91 Å². The first-order valence-corrected chi connectivity index (χ1v) is 17.4. The maximum Gasteiger partial charge on any atom is 0.267 e. The van der Waals surface area contributed by atoms with Crippen molar-refractivity contribution in [3.8, 4) is 5.75 Å². The number of aromatic nitrogens is 7. The first-order chi connectivity index (χ1) is 24.4. The van der Waals surface area contributed by atoms with Crippen LogP contribution in [0.4, 0.5) is 10.9 Å². The molecule has 15 nitrogen and oxygen atoms in total. The Morgan fingerprint density at radius 1 is 1.04 bits per heavy atom. The minimum Gasteiger partial charge on any atom is -0.497 e. The second kappa shape index (κ2) is 14.8. The van der Waals surface area contributed by atoms with Crippen LogP contribution in [0.25, 0.3) is 17.8 Å². The zero-order valence-electron chi connectivity index (χ0n) is 29.5. The van der Waals surface area contributed by atoms with E-state index in [1.165, 1.54) is 15.7 Å². The summed E-state index contributed by atoms with van der Waals surface area (Å²) < 4.78 is 8.31. The van der Waals surface area contributed by atoms with Crippen LogP contribution in [0.3, 0.4) is 0 Å². The van der Waals surface area contributed by atoms with Gasteiger partial charge in [-0.3, -0.25) is 24.1 Å². The Morgan fingerprint density at radius 2 is 1.78 bits per heavy atom. The average molecular weight is 712 g/mol. The largest absolute Gasteiger partial charge is 0.497 e. The van der Waals surface area contributed by atoms with Crippen molar-refractivity contribution in [2.45, 2.75) is 32.7 Å². The summed E-state index contributed by atoms with van der Waals surface area (Å²) in [6.07, 6.45) is 4.91. The number of amides is 2. The summed E-state index contributed by atoms with van der Waals surface area (Å²) in [4.78, 5) is 55.4. The van der Waals surface area contributed by atoms with Gasteiger partial charge >= 0.3 is 0 Å². The highest BCUT2D eigenvalue weighted by molar-refractivity contribution is 7.14. The van der Waals surface area contributed by atoms with E-state index in [4.69, 9.17) is 9.72 Å². The predicted molar refractivity (Wildman–Crippen MR) is 196 cm³/mol. The van der Waals surface area contributed by atoms with Crippen LogP contribution >= 0.6 is 11.3 Å². The summed E-state index contributed by atoms with van der Waals surface area (Å²) in [6, 6.07) is 10.8. The van der Waals surface area contributed by atoms with Crippen LogP contribution in [0.15, 0.2) is 52.8 Å². The number of fused-ring (bicyclic) bond motifs is 1. The van der Waals surface area contributed by atoms with E-state index in [0.29, 0.717) is 72.8 Å². The molecule has 16 heteroatoms.